The van der Waals surface area contributed by atoms with Crippen molar-refractivity contribution in [3.8, 4) is 11.8 Å². The average Bonchev–Trinajstić information content (AvgIpc) is 2.39. The Kier molecular flexibility index (Phi) is 6.62. The predicted molar refractivity (Wildman–Crippen MR) is 68.4 cm³/mol. The van der Waals surface area contributed by atoms with Gasteiger partial charge in [-0.05, 0) is 18.2 Å². The number of hydrogen-bond acceptors (Lipinski definition) is 5. The van der Waals surface area contributed by atoms with E-state index in [1.54, 1.807) is 25.3 Å². The lowest BCUT2D eigenvalue weighted by Gasteiger charge is -2.09. The SMILES string of the molecule is COCCOCCCOc1ccc(C#N)cc1N. The molecule has 1 aromatic carbocycles. The van der Waals surface area contributed by atoms with Gasteiger partial charge in [0.25, 0.3) is 0 Å². The fourth-order valence-electron chi connectivity index (χ4n) is 1.34. The quantitative estimate of drug-likeness (QED) is 0.559. The Morgan fingerprint density at radius 2 is 2.06 bits per heavy atom. The number of anilines is 1. The first-order valence-corrected chi connectivity index (χ1v) is 5.77. The van der Waals surface area contributed by atoms with Gasteiger partial charge in [0.05, 0.1) is 37.1 Å². The van der Waals surface area contributed by atoms with Crippen LogP contribution >= 0.6 is 0 Å². The molecule has 2 N–H and O–H groups in total. The summed E-state index contributed by atoms with van der Waals surface area (Å²) in [5.41, 5.74) is 6.76. The first-order chi connectivity index (χ1) is 8.77. The van der Waals surface area contributed by atoms with Gasteiger partial charge in [-0.2, -0.15) is 5.26 Å². The summed E-state index contributed by atoms with van der Waals surface area (Å²) in [4.78, 5) is 0. The Balaban J connectivity index is 2.21. The molecule has 1 rings (SSSR count). The largest absolute Gasteiger partial charge is 0.491 e. The van der Waals surface area contributed by atoms with Crippen LogP contribution in [0.4, 0.5) is 5.69 Å². The van der Waals surface area contributed by atoms with Crippen LogP contribution in [-0.2, 0) is 9.47 Å². The molecule has 0 heterocycles. The summed E-state index contributed by atoms with van der Waals surface area (Å²) in [6, 6.07) is 7.01. The number of nitrogens with zero attached hydrogens (tertiary/aromatic N) is 1. The molecule has 0 aliphatic rings. The Labute approximate surface area is 107 Å². The van der Waals surface area contributed by atoms with Crippen molar-refractivity contribution in [1.82, 2.24) is 0 Å². The minimum Gasteiger partial charge on any atom is -0.491 e. The minimum absolute atomic E-state index is 0.481. The van der Waals surface area contributed by atoms with Gasteiger partial charge in [0.1, 0.15) is 5.75 Å². The lowest BCUT2D eigenvalue weighted by Crippen LogP contribution is -2.07. The molecule has 0 unspecified atom stereocenters. The number of nitrogen functional groups attached to an aromatic ring is 1. The lowest BCUT2D eigenvalue weighted by molar-refractivity contribution is 0.0645. The number of methoxy groups -OCH3 is 1. The zero-order chi connectivity index (χ0) is 13.2. The summed E-state index contributed by atoms with van der Waals surface area (Å²) in [5, 5.41) is 8.70. The number of ether oxygens (including phenoxy) is 3. The molecule has 0 saturated carbocycles. The monoisotopic (exact) mass is 250 g/mol. The van der Waals surface area contributed by atoms with Gasteiger partial charge in [-0.15, -0.1) is 0 Å². The summed E-state index contributed by atoms with van der Waals surface area (Å²) < 4.78 is 15.7. The van der Waals surface area contributed by atoms with E-state index in [9.17, 15) is 0 Å². The molecule has 0 atom stereocenters. The van der Waals surface area contributed by atoms with Gasteiger partial charge in [0.2, 0.25) is 0 Å². The van der Waals surface area contributed by atoms with E-state index in [2.05, 4.69) is 0 Å². The van der Waals surface area contributed by atoms with Crippen molar-refractivity contribution < 1.29 is 14.2 Å². The van der Waals surface area contributed by atoms with E-state index < -0.39 is 0 Å². The number of hydrogen-bond donors (Lipinski definition) is 1. The molecule has 0 spiro atoms. The van der Waals surface area contributed by atoms with E-state index in [-0.39, 0.29) is 0 Å². The highest BCUT2D eigenvalue weighted by molar-refractivity contribution is 5.56. The van der Waals surface area contributed by atoms with Gasteiger partial charge in [-0.25, -0.2) is 0 Å². The summed E-state index contributed by atoms with van der Waals surface area (Å²) in [6.07, 6.45) is 0.781. The molecule has 0 radical (unpaired) electrons. The minimum atomic E-state index is 0.481. The van der Waals surface area contributed by atoms with Gasteiger partial charge in [-0.1, -0.05) is 0 Å². The first kappa shape index (κ1) is 14.3. The fourth-order valence-corrected chi connectivity index (χ4v) is 1.34. The van der Waals surface area contributed by atoms with Crippen LogP contribution in [0.3, 0.4) is 0 Å². The molecule has 0 fully saturated rings. The normalized spacial score (nSPS) is 10.0. The molecule has 0 aliphatic heterocycles. The van der Waals surface area contributed by atoms with Crippen molar-refractivity contribution in [3.63, 3.8) is 0 Å². The first-order valence-electron chi connectivity index (χ1n) is 5.77. The zero-order valence-corrected chi connectivity index (χ0v) is 10.5. The van der Waals surface area contributed by atoms with Crippen LogP contribution in [0.2, 0.25) is 0 Å². The van der Waals surface area contributed by atoms with Crippen LogP contribution in [0.15, 0.2) is 18.2 Å². The van der Waals surface area contributed by atoms with Gasteiger partial charge in [-0.3, -0.25) is 0 Å². The van der Waals surface area contributed by atoms with Gasteiger partial charge in [0.15, 0.2) is 0 Å². The van der Waals surface area contributed by atoms with E-state index in [1.165, 1.54) is 0 Å². The highest BCUT2D eigenvalue weighted by Crippen LogP contribution is 2.22. The Hall–Kier alpha value is -1.77. The van der Waals surface area contributed by atoms with Crippen LogP contribution in [-0.4, -0.2) is 33.5 Å². The van der Waals surface area contributed by atoms with E-state index in [0.29, 0.717) is 43.4 Å². The highest BCUT2D eigenvalue weighted by atomic mass is 16.5. The molecule has 0 aromatic heterocycles. The smallest absolute Gasteiger partial charge is 0.142 e. The van der Waals surface area contributed by atoms with E-state index in [1.807, 2.05) is 6.07 Å². The topological polar surface area (TPSA) is 77.5 Å². The molecule has 98 valence electrons. The van der Waals surface area contributed by atoms with E-state index in [4.69, 9.17) is 25.2 Å². The molecular weight excluding hydrogens is 232 g/mol. The molecule has 5 heteroatoms. The molecule has 0 amide bonds. The van der Waals surface area contributed by atoms with Crippen molar-refractivity contribution in [1.29, 1.82) is 5.26 Å². The summed E-state index contributed by atoms with van der Waals surface area (Å²) in [7, 11) is 1.64. The van der Waals surface area contributed by atoms with Crippen LogP contribution in [0.5, 0.6) is 5.75 Å². The van der Waals surface area contributed by atoms with E-state index in [0.717, 1.165) is 6.42 Å². The summed E-state index contributed by atoms with van der Waals surface area (Å²) in [6.45, 7) is 2.35. The second-order valence-corrected chi connectivity index (χ2v) is 3.67. The number of nitriles is 1. The molecule has 5 nitrogen and oxygen atoms in total. The second-order valence-electron chi connectivity index (χ2n) is 3.67. The van der Waals surface area contributed by atoms with Crippen molar-refractivity contribution >= 4 is 5.69 Å². The van der Waals surface area contributed by atoms with Crippen LogP contribution in [0.1, 0.15) is 12.0 Å². The van der Waals surface area contributed by atoms with Crippen molar-refractivity contribution in [2.45, 2.75) is 6.42 Å². The predicted octanol–water partition coefficient (Wildman–Crippen LogP) is 1.57. The fraction of sp³-hybridized carbons (Fsp3) is 0.462. The average molecular weight is 250 g/mol. The van der Waals surface area contributed by atoms with Crippen LogP contribution in [0, 0.1) is 11.3 Å². The van der Waals surface area contributed by atoms with Crippen molar-refractivity contribution in [3.05, 3.63) is 23.8 Å². The number of benzene rings is 1. The number of rotatable bonds is 8. The third-order valence-electron chi connectivity index (χ3n) is 2.26. The molecule has 0 aliphatic carbocycles. The maximum atomic E-state index is 8.70. The van der Waals surface area contributed by atoms with Crippen LogP contribution in [0.25, 0.3) is 0 Å². The van der Waals surface area contributed by atoms with Crippen LogP contribution < -0.4 is 10.5 Å². The summed E-state index contributed by atoms with van der Waals surface area (Å²) >= 11 is 0. The zero-order valence-electron chi connectivity index (χ0n) is 10.5. The van der Waals surface area contributed by atoms with Crippen molar-refractivity contribution in [2.75, 3.05) is 39.3 Å². The molecule has 1 aromatic rings. The third-order valence-corrected chi connectivity index (χ3v) is 2.26. The Morgan fingerprint density at radius 3 is 2.72 bits per heavy atom. The third kappa shape index (κ3) is 5.04. The standard InChI is InChI=1S/C13H18N2O3/c1-16-7-8-17-5-2-6-18-13-4-3-11(10-14)9-12(13)15/h3-4,9H,2,5-8,15H2,1H3. The molecule has 18 heavy (non-hydrogen) atoms. The van der Waals surface area contributed by atoms with E-state index >= 15 is 0 Å². The lowest BCUT2D eigenvalue weighted by atomic mass is 10.2. The van der Waals surface area contributed by atoms with Gasteiger partial charge in [0, 0.05) is 20.1 Å². The Morgan fingerprint density at radius 1 is 1.22 bits per heavy atom. The second kappa shape index (κ2) is 8.34. The van der Waals surface area contributed by atoms with Gasteiger partial charge < -0.3 is 19.9 Å². The van der Waals surface area contributed by atoms with Crippen molar-refractivity contribution in [2.24, 2.45) is 0 Å². The number of nitrogens with two attached hydrogens (primary N) is 1. The maximum Gasteiger partial charge on any atom is 0.142 e. The summed E-state index contributed by atoms with van der Waals surface area (Å²) in [5.74, 6) is 0.603. The highest BCUT2D eigenvalue weighted by Gasteiger charge is 2.01. The maximum absolute atomic E-state index is 8.70. The molecule has 0 saturated heterocycles. The molecule has 0 bridgehead atoms. The van der Waals surface area contributed by atoms with Gasteiger partial charge >= 0.3 is 0 Å². The molecular formula is C13H18N2O3. The Bertz CT molecular complexity index is 402.